The molecule has 0 unspecified atom stereocenters. The predicted molar refractivity (Wildman–Crippen MR) is 102 cm³/mol. The molecule has 0 rings (SSSR count). The number of nitrogens with zero attached hydrogens (tertiary/aromatic N) is 1. The van der Waals surface area contributed by atoms with Crippen molar-refractivity contribution in [3.63, 3.8) is 0 Å². The van der Waals surface area contributed by atoms with Crippen molar-refractivity contribution in [3.05, 3.63) is 11.9 Å². The van der Waals surface area contributed by atoms with Crippen LogP contribution in [0.25, 0.3) is 0 Å². The molecule has 24 heavy (non-hydrogen) atoms. The second-order valence-electron chi connectivity index (χ2n) is 8.19. The first-order chi connectivity index (χ1) is 11.0. The van der Waals surface area contributed by atoms with Gasteiger partial charge < -0.3 is 20.2 Å². The van der Waals surface area contributed by atoms with Gasteiger partial charge in [0.05, 0.1) is 17.8 Å². The van der Waals surface area contributed by atoms with Crippen molar-refractivity contribution in [1.29, 1.82) is 0 Å². The standard InChI is InChI=1S/C19H41N3O2/c1-8-17(20)15-22(21)12-10-18(4,5)24-14-11-19(6,7)23-13-9-16(2)3/h15-16H,8-14,20-21H2,1-7H3/b17-15-. The van der Waals surface area contributed by atoms with Crippen LogP contribution in [-0.4, -0.2) is 36.0 Å². The first-order valence-electron chi connectivity index (χ1n) is 9.23. The number of hydrogen-bond donors (Lipinski definition) is 2. The van der Waals surface area contributed by atoms with E-state index in [-0.39, 0.29) is 11.2 Å². The third-order valence-electron chi connectivity index (χ3n) is 4.10. The smallest absolute Gasteiger partial charge is 0.0648 e. The Balaban J connectivity index is 4.10. The molecular weight excluding hydrogens is 302 g/mol. The van der Waals surface area contributed by atoms with E-state index in [4.69, 9.17) is 21.1 Å². The van der Waals surface area contributed by atoms with Crippen molar-refractivity contribution in [1.82, 2.24) is 5.01 Å². The second-order valence-corrected chi connectivity index (χ2v) is 8.19. The predicted octanol–water partition coefficient (Wildman–Crippen LogP) is 3.79. The average molecular weight is 344 g/mol. The largest absolute Gasteiger partial charge is 0.401 e. The molecule has 0 aromatic carbocycles. The fourth-order valence-electron chi connectivity index (χ4n) is 2.06. The van der Waals surface area contributed by atoms with E-state index >= 15 is 0 Å². The summed E-state index contributed by atoms with van der Waals surface area (Å²) in [4.78, 5) is 0. The van der Waals surface area contributed by atoms with E-state index in [1.807, 2.05) is 6.92 Å². The summed E-state index contributed by atoms with van der Waals surface area (Å²) in [6.45, 7) is 17.1. The topological polar surface area (TPSA) is 73.7 Å². The number of ether oxygens (including phenoxy) is 2. The summed E-state index contributed by atoms with van der Waals surface area (Å²) < 4.78 is 12.0. The fourth-order valence-corrected chi connectivity index (χ4v) is 2.06. The summed E-state index contributed by atoms with van der Waals surface area (Å²) in [5.74, 6) is 6.61. The van der Waals surface area contributed by atoms with Gasteiger partial charge in [0.1, 0.15) is 0 Å². The van der Waals surface area contributed by atoms with Crippen LogP contribution in [0.2, 0.25) is 0 Å². The van der Waals surface area contributed by atoms with E-state index < -0.39 is 0 Å². The Bertz CT molecular complexity index is 366. The Morgan fingerprint density at radius 1 is 1.04 bits per heavy atom. The normalized spacial score (nSPS) is 13.6. The summed E-state index contributed by atoms with van der Waals surface area (Å²) >= 11 is 0. The molecule has 5 nitrogen and oxygen atoms in total. The Kier molecular flexibility index (Phi) is 10.6. The Hall–Kier alpha value is -0.780. The average Bonchev–Trinajstić information content (AvgIpc) is 2.44. The summed E-state index contributed by atoms with van der Waals surface area (Å²) in [5.41, 5.74) is 6.21. The van der Waals surface area contributed by atoms with Gasteiger partial charge in [-0.15, -0.1) is 0 Å². The van der Waals surface area contributed by atoms with Crippen LogP contribution < -0.4 is 11.6 Å². The molecule has 4 N–H and O–H groups in total. The van der Waals surface area contributed by atoms with E-state index in [0.29, 0.717) is 19.1 Å². The van der Waals surface area contributed by atoms with Gasteiger partial charge in [0.25, 0.3) is 0 Å². The van der Waals surface area contributed by atoms with Crippen molar-refractivity contribution in [2.75, 3.05) is 19.8 Å². The Labute approximate surface area is 149 Å². The molecule has 5 heteroatoms. The minimum atomic E-state index is -0.222. The monoisotopic (exact) mass is 343 g/mol. The van der Waals surface area contributed by atoms with Gasteiger partial charge in [0.15, 0.2) is 0 Å². The number of nitrogens with two attached hydrogens (primary N) is 2. The van der Waals surface area contributed by atoms with Gasteiger partial charge in [0.2, 0.25) is 0 Å². The molecule has 0 aromatic heterocycles. The van der Waals surface area contributed by atoms with Gasteiger partial charge in [-0.3, -0.25) is 0 Å². The molecule has 0 saturated heterocycles. The number of rotatable bonds is 13. The molecule has 0 heterocycles. The second kappa shape index (κ2) is 11.0. The van der Waals surface area contributed by atoms with Gasteiger partial charge in [-0.2, -0.15) is 0 Å². The first kappa shape index (κ1) is 23.2. The quantitative estimate of drug-likeness (QED) is 0.393. The zero-order valence-corrected chi connectivity index (χ0v) is 17.0. The van der Waals surface area contributed by atoms with Gasteiger partial charge >= 0.3 is 0 Å². The van der Waals surface area contributed by atoms with Gasteiger partial charge in [-0.25, -0.2) is 5.84 Å². The van der Waals surface area contributed by atoms with Crippen LogP contribution in [0.3, 0.4) is 0 Å². The lowest BCUT2D eigenvalue weighted by Crippen LogP contribution is -2.36. The highest BCUT2D eigenvalue weighted by Gasteiger charge is 2.23. The highest BCUT2D eigenvalue weighted by molar-refractivity contribution is 4.93. The molecule has 0 aliphatic heterocycles. The van der Waals surface area contributed by atoms with Crippen LogP contribution in [0.1, 0.15) is 74.1 Å². The minimum Gasteiger partial charge on any atom is -0.401 e. The zero-order chi connectivity index (χ0) is 18.8. The Morgan fingerprint density at radius 3 is 2.12 bits per heavy atom. The maximum Gasteiger partial charge on any atom is 0.0648 e. The molecule has 0 aliphatic rings. The molecule has 0 amide bonds. The molecule has 0 fully saturated rings. The maximum absolute atomic E-state index is 6.06. The molecule has 0 spiro atoms. The fraction of sp³-hybridized carbons (Fsp3) is 0.895. The highest BCUT2D eigenvalue weighted by Crippen LogP contribution is 2.20. The van der Waals surface area contributed by atoms with E-state index in [1.54, 1.807) is 11.2 Å². The summed E-state index contributed by atoms with van der Waals surface area (Å²) in [7, 11) is 0. The van der Waals surface area contributed by atoms with Crippen LogP contribution in [0.15, 0.2) is 11.9 Å². The van der Waals surface area contributed by atoms with Crippen molar-refractivity contribution in [3.8, 4) is 0 Å². The summed E-state index contributed by atoms with van der Waals surface area (Å²) in [5, 5.41) is 1.64. The lowest BCUT2D eigenvalue weighted by atomic mass is 10.0. The van der Waals surface area contributed by atoms with Gasteiger partial charge in [0, 0.05) is 25.0 Å². The van der Waals surface area contributed by atoms with E-state index in [9.17, 15) is 0 Å². The lowest BCUT2D eigenvalue weighted by molar-refractivity contribution is -0.0771. The third kappa shape index (κ3) is 12.6. The van der Waals surface area contributed by atoms with Crippen molar-refractivity contribution in [2.24, 2.45) is 17.5 Å². The third-order valence-corrected chi connectivity index (χ3v) is 4.10. The van der Waals surface area contributed by atoms with Crippen molar-refractivity contribution in [2.45, 2.75) is 85.4 Å². The van der Waals surface area contributed by atoms with Crippen LogP contribution in [-0.2, 0) is 9.47 Å². The lowest BCUT2D eigenvalue weighted by Gasteiger charge is -2.31. The molecule has 0 bridgehead atoms. The SMILES string of the molecule is CC/C(N)=C/N(N)CCC(C)(C)OCCC(C)(C)OCCC(C)C. The number of allylic oxidation sites excluding steroid dienone is 1. The number of hydrazine groups is 1. The molecule has 0 saturated carbocycles. The minimum absolute atomic E-state index is 0.150. The Morgan fingerprint density at radius 2 is 1.58 bits per heavy atom. The molecule has 0 aliphatic carbocycles. The van der Waals surface area contributed by atoms with Crippen LogP contribution in [0, 0.1) is 5.92 Å². The number of hydrogen-bond acceptors (Lipinski definition) is 5. The molecular formula is C19H41N3O2. The van der Waals surface area contributed by atoms with Gasteiger partial charge in [-0.1, -0.05) is 20.8 Å². The molecule has 0 atom stereocenters. The first-order valence-corrected chi connectivity index (χ1v) is 9.23. The van der Waals surface area contributed by atoms with Crippen molar-refractivity contribution >= 4 is 0 Å². The van der Waals surface area contributed by atoms with Crippen molar-refractivity contribution < 1.29 is 9.47 Å². The highest BCUT2D eigenvalue weighted by atomic mass is 16.5. The molecule has 0 aromatic rings. The summed E-state index contributed by atoms with van der Waals surface area (Å²) in [6.07, 6.45) is 5.41. The zero-order valence-electron chi connectivity index (χ0n) is 17.0. The van der Waals surface area contributed by atoms with Crippen LogP contribution >= 0.6 is 0 Å². The van der Waals surface area contributed by atoms with Crippen LogP contribution in [0.4, 0.5) is 0 Å². The van der Waals surface area contributed by atoms with E-state index in [0.717, 1.165) is 38.0 Å². The summed E-state index contributed by atoms with van der Waals surface area (Å²) in [6, 6.07) is 0. The van der Waals surface area contributed by atoms with Gasteiger partial charge in [-0.05, 0) is 59.3 Å². The van der Waals surface area contributed by atoms with E-state index in [2.05, 4.69) is 41.5 Å². The molecule has 0 radical (unpaired) electrons. The van der Waals surface area contributed by atoms with E-state index in [1.165, 1.54) is 0 Å². The van der Waals surface area contributed by atoms with Crippen LogP contribution in [0.5, 0.6) is 0 Å². The maximum atomic E-state index is 6.06. The molecule has 144 valence electrons.